The van der Waals surface area contributed by atoms with Gasteiger partial charge in [-0.2, -0.15) is 0 Å². The van der Waals surface area contributed by atoms with Crippen LogP contribution in [0.3, 0.4) is 0 Å². The van der Waals surface area contributed by atoms with E-state index in [1.807, 2.05) is 37.3 Å². The van der Waals surface area contributed by atoms with Crippen molar-refractivity contribution in [1.82, 2.24) is 0 Å². The molecular formula is C12H16N2O. The molecule has 2 N–H and O–H groups in total. The monoisotopic (exact) mass is 204 g/mol. The molecule has 1 aromatic rings. The molecule has 0 bridgehead atoms. The van der Waals surface area contributed by atoms with E-state index in [2.05, 4.69) is 4.99 Å². The number of ether oxygens (including phenoxy) is 1. The fourth-order valence-corrected chi connectivity index (χ4v) is 1.02. The number of allylic oxidation sites excluding steroid dienone is 1. The number of nitrogens with two attached hydrogens (primary N) is 1. The minimum Gasteiger partial charge on any atom is -0.474 e. The summed E-state index contributed by atoms with van der Waals surface area (Å²) in [6.07, 6.45) is 3.31. The summed E-state index contributed by atoms with van der Waals surface area (Å²) in [4.78, 5) is 4.01. The molecule has 0 aliphatic carbocycles. The van der Waals surface area contributed by atoms with Crippen LogP contribution in [0.15, 0.2) is 47.3 Å². The number of rotatable bonds is 5. The van der Waals surface area contributed by atoms with Crippen LogP contribution in [0, 0.1) is 0 Å². The van der Waals surface area contributed by atoms with E-state index in [0.717, 1.165) is 12.1 Å². The standard InChI is InChI=1S/C12H16N2O/c1-2-14-9-8-12(13)15-10-11-6-4-3-5-7-11/h3-9H,2,10,13H2,1H3. The first-order valence-electron chi connectivity index (χ1n) is 4.95. The maximum Gasteiger partial charge on any atom is 0.185 e. The molecular weight excluding hydrogens is 188 g/mol. The van der Waals surface area contributed by atoms with E-state index in [1.165, 1.54) is 0 Å². The summed E-state index contributed by atoms with van der Waals surface area (Å²) in [6, 6.07) is 9.89. The fourth-order valence-electron chi connectivity index (χ4n) is 1.02. The lowest BCUT2D eigenvalue weighted by Gasteiger charge is -2.04. The Kier molecular flexibility index (Phi) is 5.01. The molecule has 80 valence electrons. The quantitative estimate of drug-likeness (QED) is 0.589. The van der Waals surface area contributed by atoms with Crippen molar-refractivity contribution in [1.29, 1.82) is 0 Å². The Hall–Kier alpha value is -1.77. The van der Waals surface area contributed by atoms with Gasteiger partial charge in [-0.1, -0.05) is 30.3 Å². The molecule has 0 aliphatic heterocycles. The molecule has 0 atom stereocenters. The Morgan fingerprint density at radius 3 is 2.80 bits per heavy atom. The largest absolute Gasteiger partial charge is 0.474 e. The molecule has 15 heavy (non-hydrogen) atoms. The molecule has 3 nitrogen and oxygen atoms in total. The Balaban J connectivity index is 2.37. The zero-order chi connectivity index (χ0) is 10.9. The normalized spacial score (nSPS) is 11.9. The van der Waals surface area contributed by atoms with E-state index in [1.54, 1.807) is 12.3 Å². The SMILES string of the molecule is CCN=CC=C(N)OCc1ccccc1. The second kappa shape index (κ2) is 6.65. The molecule has 0 radical (unpaired) electrons. The molecule has 1 rings (SSSR count). The predicted molar refractivity (Wildman–Crippen MR) is 62.5 cm³/mol. The maximum atomic E-state index is 5.61. The highest BCUT2D eigenvalue weighted by atomic mass is 16.5. The van der Waals surface area contributed by atoms with Crippen molar-refractivity contribution in [3.63, 3.8) is 0 Å². The molecule has 0 aliphatic rings. The Morgan fingerprint density at radius 2 is 2.13 bits per heavy atom. The minimum absolute atomic E-state index is 0.385. The molecule has 0 saturated carbocycles. The lowest BCUT2D eigenvalue weighted by atomic mass is 10.2. The zero-order valence-electron chi connectivity index (χ0n) is 8.89. The van der Waals surface area contributed by atoms with Crippen LogP contribution in [0.5, 0.6) is 0 Å². The highest BCUT2D eigenvalue weighted by Crippen LogP contribution is 2.02. The summed E-state index contributed by atoms with van der Waals surface area (Å²) in [5, 5.41) is 0. The molecule has 0 spiro atoms. The van der Waals surface area contributed by atoms with Crippen LogP contribution in [-0.2, 0) is 11.3 Å². The van der Waals surface area contributed by atoms with Gasteiger partial charge >= 0.3 is 0 Å². The molecule has 0 fully saturated rings. The molecule has 0 aromatic heterocycles. The van der Waals surface area contributed by atoms with Gasteiger partial charge in [0.15, 0.2) is 5.88 Å². The third kappa shape index (κ3) is 4.86. The molecule has 0 heterocycles. The number of aliphatic imine (C=N–C) groups is 1. The first-order chi connectivity index (χ1) is 7.33. The third-order valence-electron chi connectivity index (χ3n) is 1.78. The van der Waals surface area contributed by atoms with E-state index in [0.29, 0.717) is 12.5 Å². The van der Waals surface area contributed by atoms with Crippen LogP contribution in [0.4, 0.5) is 0 Å². The number of nitrogens with zero attached hydrogens (tertiary/aromatic N) is 1. The summed E-state index contributed by atoms with van der Waals surface area (Å²) in [5.74, 6) is 0.385. The van der Waals surface area contributed by atoms with Gasteiger partial charge in [-0.05, 0) is 12.5 Å². The van der Waals surface area contributed by atoms with E-state index < -0.39 is 0 Å². The highest BCUT2D eigenvalue weighted by molar-refractivity contribution is 5.71. The van der Waals surface area contributed by atoms with Crippen LogP contribution < -0.4 is 5.73 Å². The summed E-state index contributed by atoms with van der Waals surface area (Å²) < 4.78 is 5.32. The lowest BCUT2D eigenvalue weighted by molar-refractivity contribution is 0.196. The summed E-state index contributed by atoms with van der Waals surface area (Å²) in [7, 11) is 0. The topological polar surface area (TPSA) is 47.6 Å². The third-order valence-corrected chi connectivity index (χ3v) is 1.78. The van der Waals surface area contributed by atoms with Crippen LogP contribution >= 0.6 is 0 Å². The predicted octanol–water partition coefficient (Wildman–Crippen LogP) is 2.09. The van der Waals surface area contributed by atoms with E-state index in [-0.39, 0.29) is 0 Å². The smallest absolute Gasteiger partial charge is 0.185 e. The minimum atomic E-state index is 0.385. The van der Waals surface area contributed by atoms with E-state index >= 15 is 0 Å². The van der Waals surface area contributed by atoms with Gasteiger partial charge in [0.05, 0.1) is 0 Å². The van der Waals surface area contributed by atoms with Gasteiger partial charge in [0.2, 0.25) is 0 Å². The first kappa shape index (κ1) is 11.3. The average molecular weight is 204 g/mol. The summed E-state index contributed by atoms with van der Waals surface area (Å²) >= 11 is 0. The number of hydrogen-bond donors (Lipinski definition) is 1. The van der Waals surface area contributed by atoms with Crippen LogP contribution in [-0.4, -0.2) is 12.8 Å². The van der Waals surface area contributed by atoms with Crippen molar-refractivity contribution in [2.45, 2.75) is 13.5 Å². The highest BCUT2D eigenvalue weighted by Gasteiger charge is 1.92. The van der Waals surface area contributed by atoms with Crippen molar-refractivity contribution in [2.24, 2.45) is 10.7 Å². The van der Waals surface area contributed by atoms with E-state index in [4.69, 9.17) is 10.5 Å². The molecule has 3 heteroatoms. The first-order valence-corrected chi connectivity index (χ1v) is 4.95. The van der Waals surface area contributed by atoms with Gasteiger partial charge in [0.1, 0.15) is 6.61 Å². The second-order valence-corrected chi connectivity index (χ2v) is 2.99. The average Bonchev–Trinajstić information content (AvgIpc) is 2.28. The molecule has 1 aromatic carbocycles. The van der Waals surface area contributed by atoms with Crippen LogP contribution in [0.1, 0.15) is 12.5 Å². The van der Waals surface area contributed by atoms with Gasteiger partial charge in [-0.15, -0.1) is 0 Å². The summed E-state index contributed by atoms with van der Waals surface area (Å²) in [6.45, 7) is 3.21. The van der Waals surface area contributed by atoms with Gasteiger partial charge in [-0.25, -0.2) is 0 Å². The maximum absolute atomic E-state index is 5.61. The Bertz CT molecular complexity index is 331. The Morgan fingerprint density at radius 1 is 1.40 bits per heavy atom. The zero-order valence-corrected chi connectivity index (χ0v) is 8.89. The lowest BCUT2D eigenvalue weighted by Crippen LogP contribution is -2.03. The van der Waals surface area contributed by atoms with Crippen molar-refractivity contribution in [3.8, 4) is 0 Å². The number of hydrogen-bond acceptors (Lipinski definition) is 3. The molecule has 0 unspecified atom stereocenters. The summed E-state index contributed by atoms with van der Waals surface area (Å²) in [5.41, 5.74) is 6.71. The van der Waals surface area contributed by atoms with Crippen molar-refractivity contribution in [3.05, 3.63) is 47.9 Å². The van der Waals surface area contributed by atoms with Gasteiger partial charge in [0.25, 0.3) is 0 Å². The van der Waals surface area contributed by atoms with Crippen molar-refractivity contribution >= 4 is 6.21 Å². The fraction of sp³-hybridized carbons (Fsp3) is 0.250. The second-order valence-electron chi connectivity index (χ2n) is 2.99. The van der Waals surface area contributed by atoms with Crippen LogP contribution in [0.25, 0.3) is 0 Å². The van der Waals surface area contributed by atoms with Gasteiger partial charge in [-0.3, -0.25) is 4.99 Å². The van der Waals surface area contributed by atoms with Crippen molar-refractivity contribution in [2.75, 3.05) is 6.54 Å². The van der Waals surface area contributed by atoms with Gasteiger partial charge < -0.3 is 10.5 Å². The Labute approximate surface area is 90.3 Å². The number of benzene rings is 1. The molecule has 0 saturated heterocycles. The molecule has 0 amide bonds. The van der Waals surface area contributed by atoms with Crippen molar-refractivity contribution < 1.29 is 4.74 Å². The van der Waals surface area contributed by atoms with Crippen LogP contribution in [0.2, 0.25) is 0 Å². The van der Waals surface area contributed by atoms with E-state index in [9.17, 15) is 0 Å². The van der Waals surface area contributed by atoms with Gasteiger partial charge in [0, 0.05) is 18.8 Å².